The molecule has 1 saturated carbocycles. The standard InChI is InChI=1S/C25H24N2O3.C2H6/c1-18-14-22(30-17-23-24(29-2)4-3-13-26-23)15-25(28)27(18)16-21-11-9-20(10-12-21)8-7-19-5-6-19;1-2/h3-4,9-15,19H,5-6,16-17H2,1-2H3;1-2H3. The van der Waals surface area contributed by atoms with Gasteiger partial charge in [0.25, 0.3) is 5.56 Å². The monoisotopic (exact) mass is 430 g/mol. The summed E-state index contributed by atoms with van der Waals surface area (Å²) in [4.78, 5) is 16.9. The SMILES string of the molecule is CC.COc1cccnc1COc1cc(C)n(Cc2ccc(C#CC3CC3)cc2)c(=O)c1. The first-order valence-electron chi connectivity index (χ1n) is 11.0. The number of hydrogen-bond donors (Lipinski definition) is 0. The van der Waals surface area contributed by atoms with Gasteiger partial charge < -0.3 is 14.0 Å². The first-order chi connectivity index (χ1) is 15.6. The van der Waals surface area contributed by atoms with Gasteiger partial charge in [-0.1, -0.05) is 37.8 Å². The van der Waals surface area contributed by atoms with Gasteiger partial charge in [-0.2, -0.15) is 0 Å². The van der Waals surface area contributed by atoms with E-state index in [1.165, 1.54) is 18.9 Å². The topological polar surface area (TPSA) is 53.4 Å². The third-order valence-electron chi connectivity index (χ3n) is 5.05. The molecule has 0 saturated heterocycles. The van der Waals surface area contributed by atoms with E-state index in [2.05, 4.69) is 16.8 Å². The Morgan fingerprint density at radius 3 is 2.53 bits per heavy atom. The summed E-state index contributed by atoms with van der Waals surface area (Å²) in [6, 6.07) is 15.1. The van der Waals surface area contributed by atoms with Crippen LogP contribution in [0.2, 0.25) is 0 Å². The van der Waals surface area contributed by atoms with Crippen molar-refractivity contribution in [3.63, 3.8) is 0 Å². The second-order valence-electron chi connectivity index (χ2n) is 7.44. The van der Waals surface area contributed by atoms with Crippen LogP contribution in [0.4, 0.5) is 0 Å². The van der Waals surface area contributed by atoms with Crippen molar-refractivity contribution < 1.29 is 9.47 Å². The molecule has 0 unspecified atom stereocenters. The second-order valence-corrected chi connectivity index (χ2v) is 7.44. The van der Waals surface area contributed by atoms with Crippen molar-refractivity contribution in [3.8, 4) is 23.3 Å². The fraction of sp³-hybridized carbons (Fsp3) is 0.333. The van der Waals surface area contributed by atoms with Crippen LogP contribution in [-0.4, -0.2) is 16.7 Å². The lowest BCUT2D eigenvalue weighted by atomic mass is 10.1. The molecular formula is C27H30N2O3. The van der Waals surface area contributed by atoms with Crippen molar-refractivity contribution in [1.29, 1.82) is 0 Å². The molecule has 5 nitrogen and oxygen atoms in total. The molecule has 0 bridgehead atoms. The van der Waals surface area contributed by atoms with Crippen LogP contribution in [0, 0.1) is 24.7 Å². The van der Waals surface area contributed by atoms with Gasteiger partial charge in [-0.3, -0.25) is 9.78 Å². The number of ether oxygens (including phenoxy) is 2. The number of rotatable bonds is 6. The summed E-state index contributed by atoms with van der Waals surface area (Å²) in [5, 5.41) is 0. The van der Waals surface area contributed by atoms with E-state index < -0.39 is 0 Å². The quantitative estimate of drug-likeness (QED) is 0.518. The molecule has 3 aromatic rings. The summed E-state index contributed by atoms with van der Waals surface area (Å²) >= 11 is 0. The molecular weight excluding hydrogens is 400 g/mol. The Balaban J connectivity index is 0.00000141. The average Bonchev–Trinajstić information content (AvgIpc) is 3.65. The average molecular weight is 431 g/mol. The number of nitrogens with zero attached hydrogens (tertiary/aromatic N) is 2. The van der Waals surface area contributed by atoms with E-state index in [0.717, 1.165) is 16.8 Å². The highest BCUT2D eigenvalue weighted by molar-refractivity contribution is 5.37. The van der Waals surface area contributed by atoms with Crippen LogP contribution in [0.5, 0.6) is 11.5 Å². The van der Waals surface area contributed by atoms with Gasteiger partial charge in [0.2, 0.25) is 0 Å². The lowest BCUT2D eigenvalue weighted by Crippen LogP contribution is -2.22. The van der Waals surface area contributed by atoms with Crippen molar-refractivity contribution in [2.24, 2.45) is 5.92 Å². The van der Waals surface area contributed by atoms with Crippen LogP contribution in [-0.2, 0) is 13.2 Å². The summed E-state index contributed by atoms with van der Waals surface area (Å²) in [6.07, 6.45) is 4.14. The molecule has 0 spiro atoms. The van der Waals surface area contributed by atoms with Gasteiger partial charge >= 0.3 is 0 Å². The van der Waals surface area contributed by atoms with Crippen molar-refractivity contribution in [2.45, 2.75) is 46.8 Å². The van der Waals surface area contributed by atoms with E-state index in [1.54, 1.807) is 23.9 Å². The summed E-state index contributed by atoms with van der Waals surface area (Å²) in [5.41, 5.74) is 3.50. The Labute approximate surface area is 190 Å². The molecule has 1 aliphatic rings. The van der Waals surface area contributed by atoms with Crippen molar-refractivity contribution >= 4 is 0 Å². The molecule has 2 aromatic heterocycles. The molecule has 0 atom stereocenters. The molecule has 5 heteroatoms. The first-order valence-corrected chi connectivity index (χ1v) is 11.0. The highest BCUT2D eigenvalue weighted by Crippen LogP contribution is 2.27. The van der Waals surface area contributed by atoms with Gasteiger partial charge in [0.05, 0.1) is 13.7 Å². The third kappa shape index (κ3) is 6.24. The molecule has 1 fully saturated rings. The number of aryl methyl sites for hydroxylation is 1. The Morgan fingerprint density at radius 2 is 1.88 bits per heavy atom. The summed E-state index contributed by atoms with van der Waals surface area (Å²) in [5.74, 6) is 8.25. The zero-order valence-corrected chi connectivity index (χ0v) is 19.2. The minimum Gasteiger partial charge on any atom is -0.495 e. The van der Waals surface area contributed by atoms with E-state index in [4.69, 9.17) is 9.47 Å². The van der Waals surface area contributed by atoms with Gasteiger partial charge in [-0.25, -0.2) is 0 Å². The number of pyridine rings is 2. The van der Waals surface area contributed by atoms with Gasteiger partial charge in [0.15, 0.2) is 0 Å². The van der Waals surface area contributed by atoms with E-state index in [1.807, 2.05) is 57.2 Å². The minimum absolute atomic E-state index is 0.101. The Bertz CT molecular complexity index is 1150. The Hall–Kier alpha value is -3.52. The van der Waals surface area contributed by atoms with E-state index in [-0.39, 0.29) is 12.2 Å². The van der Waals surface area contributed by atoms with Crippen molar-refractivity contribution in [2.75, 3.05) is 7.11 Å². The van der Waals surface area contributed by atoms with E-state index in [9.17, 15) is 4.79 Å². The van der Waals surface area contributed by atoms with Crippen molar-refractivity contribution in [1.82, 2.24) is 9.55 Å². The van der Waals surface area contributed by atoms with E-state index >= 15 is 0 Å². The molecule has 4 rings (SSSR count). The minimum atomic E-state index is -0.101. The highest BCUT2D eigenvalue weighted by Gasteiger charge is 2.17. The number of aromatic nitrogens is 2. The van der Waals surface area contributed by atoms with Gasteiger partial charge in [-0.15, -0.1) is 0 Å². The molecule has 1 aliphatic carbocycles. The van der Waals surface area contributed by atoms with Gasteiger partial charge in [-0.05, 0) is 55.7 Å². The van der Waals surface area contributed by atoms with Crippen LogP contribution in [0.3, 0.4) is 0 Å². The number of benzene rings is 1. The Kier molecular flexibility index (Phi) is 8.10. The largest absolute Gasteiger partial charge is 0.495 e. The maximum atomic E-state index is 12.7. The van der Waals surface area contributed by atoms with Crippen molar-refractivity contribution in [3.05, 3.63) is 87.6 Å². The predicted octanol–water partition coefficient (Wildman–Crippen LogP) is 4.98. The maximum Gasteiger partial charge on any atom is 0.254 e. The fourth-order valence-electron chi connectivity index (χ4n) is 3.14. The number of methoxy groups -OCH3 is 1. The summed E-state index contributed by atoms with van der Waals surface area (Å²) in [6.45, 7) is 6.65. The highest BCUT2D eigenvalue weighted by atomic mass is 16.5. The molecule has 0 radical (unpaired) electrons. The smallest absolute Gasteiger partial charge is 0.254 e. The lowest BCUT2D eigenvalue weighted by molar-refractivity contribution is 0.289. The van der Waals surface area contributed by atoms with Crippen LogP contribution in [0.1, 0.15) is 49.2 Å². The second kappa shape index (κ2) is 11.2. The maximum absolute atomic E-state index is 12.7. The van der Waals surface area contributed by atoms with Crippen LogP contribution >= 0.6 is 0 Å². The molecule has 1 aromatic carbocycles. The summed E-state index contributed by atoms with van der Waals surface area (Å²) < 4.78 is 12.8. The first kappa shape index (κ1) is 23.1. The van der Waals surface area contributed by atoms with Crippen LogP contribution < -0.4 is 15.0 Å². The summed E-state index contributed by atoms with van der Waals surface area (Å²) in [7, 11) is 1.60. The normalized spacial score (nSPS) is 12.1. The zero-order valence-electron chi connectivity index (χ0n) is 19.2. The fourth-order valence-corrected chi connectivity index (χ4v) is 3.14. The predicted molar refractivity (Wildman–Crippen MR) is 127 cm³/mol. The molecule has 0 aliphatic heterocycles. The van der Waals surface area contributed by atoms with Gasteiger partial charge in [0, 0.05) is 29.4 Å². The molecule has 0 N–H and O–H groups in total. The lowest BCUT2D eigenvalue weighted by Gasteiger charge is -2.13. The molecule has 32 heavy (non-hydrogen) atoms. The molecule has 0 amide bonds. The van der Waals surface area contributed by atoms with Gasteiger partial charge in [0.1, 0.15) is 23.8 Å². The number of hydrogen-bond acceptors (Lipinski definition) is 4. The van der Waals surface area contributed by atoms with Crippen LogP contribution in [0.15, 0.2) is 59.5 Å². The molecule has 166 valence electrons. The third-order valence-corrected chi connectivity index (χ3v) is 5.05. The van der Waals surface area contributed by atoms with Crippen LogP contribution in [0.25, 0.3) is 0 Å². The molecule has 2 heterocycles. The Morgan fingerprint density at radius 1 is 1.12 bits per heavy atom. The van der Waals surface area contributed by atoms with E-state index in [0.29, 0.717) is 29.7 Å². The zero-order chi connectivity index (χ0) is 22.9.